The van der Waals surface area contributed by atoms with Crippen molar-refractivity contribution < 1.29 is 4.79 Å². The lowest BCUT2D eigenvalue weighted by Crippen LogP contribution is -2.45. The molecule has 2 aliphatic heterocycles. The van der Waals surface area contributed by atoms with Crippen LogP contribution in [0.2, 0.25) is 0 Å². The molecule has 2 unspecified atom stereocenters. The topological polar surface area (TPSA) is 60.0 Å². The lowest BCUT2D eigenvalue weighted by atomic mass is 10.1. The summed E-state index contributed by atoms with van der Waals surface area (Å²) in [6.45, 7) is 9.73. The average Bonchev–Trinajstić information content (AvgIpc) is 3.13. The lowest BCUT2D eigenvalue weighted by Gasteiger charge is -2.19. The molecule has 1 amide bonds. The van der Waals surface area contributed by atoms with Gasteiger partial charge in [-0.05, 0) is 39.3 Å². The number of aliphatic imine (C=N–C) groups is 1. The van der Waals surface area contributed by atoms with Gasteiger partial charge in [0.2, 0.25) is 5.91 Å². The van der Waals surface area contributed by atoms with Crippen molar-refractivity contribution in [2.24, 2.45) is 10.9 Å². The van der Waals surface area contributed by atoms with Crippen molar-refractivity contribution in [3.8, 4) is 0 Å². The summed E-state index contributed by atoms with van der Waals surface area (Å²) in [7, 11) is 2.17. The number of guanidine groups is 1. The maximum absolute atomic E-state index is 11.7. The number of halogens is 1. The molecule has 2 rings (SSSR count). The van der Waals surface area contributed by atoms with Crippen molar-refractivity contribution in [3.05, 3.63) is 0 Å². The molecular weight excluding hydrogens is 405 g/mol. The number of hydrogen-bond donors (Lipinski definition) is 2. The van der Waals surface area contributed by atoms with E-state index in [1.54, 1.807) is 0 Å². The molecule has 0 radical (unpaired) electrons. The van der Waals surface area contributed by atoms with Crippen molar-refractivity contribution in [2.45, 2.75) is 39.2 Å². The fourth-order valence-electron chi connectivity index (χ4n) is 3.24. The molecule has 23 heavy (non-hydrogen) atoms. The Morgan fingerprint density at radius 2 is 2.00 bits per heavy atom. The van der Waals surface area contributed by atoms with Gasteiger partial charge in [0.15, 0.2) is 5.96 Å². The van der Waals surface area contributed by atoms with E-state index in [4.69, 9.17) is 4.99 Å². The van der Waals surface area contributed by atoms with Gasteiger partial charge in [-0.3, -0.25) is 9.79 Å². The van der Waals surface area contributed by atoms with E-state index in [0.717, 1.165) is 45.1 Å². The fraction of sp³-hybridized carbons (Fsp3) is 0.875. The van der Waals surface area contributed by atoms with Crippen LogP contribution in [0.4, 0.5) is 0 Å². The van der Waals surface area contributed by atoms with Crippen molar-refractivity contribution >= 4 is 35.8 Å². The third-order valence-corrected chi connectivity index (χ3v) is 4.53. The largest absolute Gasteiger partial charge is 0.357 e. The number of nitrogens with one attached hydrogen (secondary N) is 2. The van der Waals surface area contributed by atoms with E-state index in [-0.39, 0.29) is 29.9 Å². The van der Waals surface area contributed by atoms with Gasteiger partial charge in [-0.25, -0.2) is 0 Å². The summed E-state index contributed by atoms with van der Waals surface area (Å²) in [5, 5.41) is 6.82. The smallest absolute Gasteiger partial charge is 0.222 e. The van der Waals surface area contributed by atoms with Gasteiger partial charge in [0.05, 0.1) is 0 Å². The van der Waals surface area contributed by atoms with E-state index in [1.165, 1.54) is 13.0 Å². The summed E-state index contributed by atoms with van der Waals surface area (Å²) in [6, 6.07) is 0.319. The molecule has 6 nitrogen and oxygen atoms in total. The van der Waals surface area contributed by atoms with Crippen LogP contribution in [-0.2, 0) is 4.79 Å². The highest BCUT2D eigenvalue weighted by Crippen LogP contribution is 2.14. The molecule has 2 N–H and O–H groups in total. The Bertz CT molecular complexity index is 404. The number of nitrogens with zero attached hydrogens (tertiary/aromatic N) is 3. The van der Waals surface area contributed by atoms with E-state index in [2.05, 4.69) is 29.5 Å². The predicted molar refractivity (Wildman–Crippen MR) is 105 cm³/mol. The normalized spacial score (nSPS) is 25.3. The van der Waals surface area contributed by atoms with Crippen molar-refractivity contribution in [1.82, 2.24) is 20.4 Å². The molecule has 0 aromatic carbocycles. The SMILES string of the molecule is CCNC(=NCC1CCN(C)C1)NC1CCN(C(=O)CC)C1.I. The number of rotatable bonds is 5. The van der Waals surface area contributed by atoms with E-state index >= 15 is 0 Å². The summed E-state index contributed by atoms with van der Waals surface area (Å²) < 4.78 is 0. The zero-order valence-electron chi connectivity index (χ0n) is 14.7. The van der Waals surface area contributed by atoms with Crippen LogP contribution >= 0.6 is 24.0 Å². The zero-order valence-corrected chi connectivity index (χ0v) is 17.0. The van der Waals surface area contributed by atoms with Crippen molar-refractivity contribution in [1.29, 1.82) is 0 Å². The summed E-state index contributed by atoms with van der Waals surface area (Å²) in [5.41, 5.74) is 0. The zero-order chi connectivity index (χ0) is 15.9. The van der Waals surface area contributed by atoms with E-state index in [1.807, 2.05) is 11.8 Å². The van der Waals surface area contributed by atoms with Gasteiger partial charge in [-0.2, -0.15) is 0 Å². The Kier molecular flexibility index (Phi) is 9.19. The van der Waals surface area contributed by atoms with Crippen LogP contribution in [0.5, 0.6) is 0 Å². The fourth-order valence-corrected chi connectivity index (χ4v) is 3.24. The second-order valence-electron chi connectivity index (χ2n) is 6.46. The number of amides is 1. The molecule has 0 saturated carbocycles. The first-order chi connectivity index (χ1) is 10.6. The van der Waals surface area contributed by atoms with Gasteiger partial charge < -0.3 is 20.4 Å². The van der Waals surface area contributed by atoms with Crippen LogP contribution in [-0.4, -0.2) is 74.0 Å². The Labute approximate surface area is 157 Å². The highest BCUT2D eigenvalue weighted by molar-refractivity contribution is 14.0. The molecule has 2 aliphatic rings. The number of likely N-dealkylation sites (tertiary alicyclic amines) is 2. The Morgan fingerprint density at radius 1 is 1.22 bits per heavy atom. The summed E-state index contributed by atoms with van der Waals surface area (Å²) in [4.78, 5) is 20.8. The molecule has 0 aliphatic carbocycles. The van der Waals surface area contributed by atoms with Crippen LogP contribution in [0.1, 0.15) is 33.1 Å². The van der Waals surface area contributed by atoms with Gasteiger partial charge in [-0.15, -0.1) is 24.0 Å². The maximum Gasteiger partial charge on any atom is 0.222 e. The number of carbonyl (C=O) groups excluding carboxylic acids is 1. The summed E-state index contributed by atoms with van der Waals surface area (Å²) in [6.07, 6.45) is 2.83. The first kappa shape index (κ1) is 20.5. The molecule has 2 fully saturated rings. The highest BCUT2D eigenvalue weighted by Gasteiger charge is 2.26. The van der Waals surface area contributed by atoms with E-state index in [9.17, 15) is 4.79 Å². The molecule has 2 heterocycles. The van der Waals surface area contributed by atoms with Crippen LogP contribution in [0, 0.1) is 5.92 Å². The number of hydrogen-bond acceptors (Lipinski definition) is 3. The van der Waals surface area contributed by atoms with Crippen LogP contribution < -0.4 is 10.6 Å². The lowest BCUT2D eigenvalue weighted by molar-refractivity contribution is -0.129. The second-order valence-corrected chi connectivity index (χ2v) is 6.46. The van der Waals surface area contributed by atoms with Crippen LogP contribution in [0.15, 0.2) is 4.99 Å². The van der Waals surface area contributed by atoms with E-state index in [0.29, 0.717) is 18.4 Å². The minimum Gasteiger partial charge on any atom is -0.357 e. The molecule has 134 valence electrons. The predicted octanol–water partition coefficient (Wildman–Crippen LogP) is 1.12. The minimum atomic E-state index is 0. The Hall–Kier alpha value is -0.570. The van der Waals surface area contributed by atoms with Crippen molar-refractivity contribution in [3.63, 3.8) is 0 Å². The molecule has 0 spiro atoms. The van der Waals surface area contributed by atoms with Gasteiger partial charge in [-0.1, -0.05) is 6.92 Å². The molecule has 0 aromatic rings. The highest BCUT2D eigenvalue weighted by atomic mass is 127. The molecule has 0 aromatic heterocycles. The van der Waals surface area contributed by atoms with E-state index < -0.39 is 0 Å². The minimum absolute atomic E-state index is 0. The quantitative estimate of drug-likeness (QED) is 0.385. The van der Waals surface area contributed by atoms with Gasteiger partial charge in [0, 0.05) is 45.2 Å². The Morgan fingerprint density at radius 3 is 2.61 bits per heavy atom. The molecule has 2 saturated heterocycles. The summed E-state index contributed by atoms with van der Waals surface area (Å²) in [5.74, 6) is 1.82. The van der Waals surface area contributed by atoms with Crippen LogP contribution in [0.3, 0.4) is 0 Å². The van der Waals surface area contributed by atoms with Gasteiger partial charge in [0.25, 0.3) is 0 Å². The molecule has 7 heteroatoms. The monoisotopic (exact) mass is 437 g/mol. The Balaban J connectivity index is 0.00000264. The summed E-state index contributed by atoms with van der Waals surface area (Å²) >= 11 is 0. The van der Waals surface area contributed by atoms with Gasteiger partial charge in [0.1, 0.15) is 0 Å². The van der Waals surface area contributed by atoms with Crippen molar-refractivity contribution in [2.75, 3.05) is 46.3 Å². The van der Waals surface area contributed by atoms with Crippen LogP contribution in [0.25, 0.3) is 0 Å². The first-order valence-corrected chi connectivity index (χ1v) is 8.63. The maximum atomic E-state index is 11.7. The first-order valence-electron chi connectivity index (χ1n) is 8.63. The molecular formula is C16H32IN5O. The molecule has 0 bridgehead atoms. The third-order valence-electron chi connectivity index (χ3n) is 4.53. The average molecular weight is 437 g/mol. The van der Waals surface area contributed by atoms with Gasteiger partial charge >= 0.3 is 0 Å². The second kappa shape index (κ2) is 10.3. The molecule has 2 atom stereocenters. The third kappa shape index (κ3) is 6.45. The number of carbonyl (C=O) groups is 1. The standard InChI is InChI=1S/C16H31N5O.HI/c1-4-15(22)21-9-7-14(12-21)19-16(17-5-2)18-10-13-6-8-20(3)11-13;/h13-14H,4-12H2,1-3H3,(H2,17,18,19);1H.